The first-order chi connectivity index (χ1) is 8.34. The summed E-state index contributed by atoms with van der Waals surface area (Å²) in [4.78, 5) is 11.7. The van der Waals surface area contributed by atoms with Crippen LogP contribution in [-0.2, 0) is 0 Å². The van der Waals surface area contributed by atoms with Crippen LogP contribution in [0.4, 0.5) is 10.5 Å². The van der Waals surface area contributed by atoms with Gasteiger partial charge in [-0.15, -0.1) is 0 Å². The van der Waals surface area contributed by atoms with Gasteiger partial charge in [0, 0.05) is 5.69 Å². The molecule has 0 aromatic heterocycles. The average molecular weight is 241 g/mol. The molecule has 1 unspecified atom stereocenters. The Kier molecular flexibility index (Phi) is 2.61. The van der Waals surface area contributed by atoms with E-state index in [1.165, 1.54) is 22.9 Å². The standard InChI is InChI=1S/C14H11NOS/c16-14-15-12-9-5-4-8-11(12)13(17-14)10-6-2-1-3-7-10/h1-9,13H,(H,15,16). The van der Waals surface area contributed by atoms with E-state index in [1.54, 1.807) is 0 Å². The van der Waals surface area contributed by atoms with Gasteiger partial charge in [-0.05, 0) is 17.2 Å². The molecule has 1 N–H and O–H groups in total. The molecule has 0 saturated heterocycles. The first-order valence-corrected chi connectivity index (χ1v) is 6.34. The molecule has 0 radical (unpaired) electrons. The number of rotatable bonds is 1. The van der Waals surface area contributed by atoms with Crippen molar-refractivity contribution in [3.05, 3.63) is 65.7 Å². The minimum absolute atomic E-state index is 0.0116. The maximum Gasteiger partial charge on any atom is 0.284 e. The largest absolute Gasteiger partial charge is 0.317 e. The van der Waals surface area contributed by atoms with Crippen molar-refractivity contribution in [3.63, 3.8) is 0 Å². The number of anilines is 1. The van der Waals surface area contributed by atoms with Gasteiger partial charge in [0.05, 0.1) is 5.25 Å². The molecular formula is C14H11NOS. The van der Waals surface area contributed by atoms with Crippen molar-refractivity contribution in [2.24, 2.45) is 0 Å². The smallest absolute Gasteiger partial charge is 0.284 e. The van der Waals surface area contributed by atoms with Gasteiger partial charge in [-0.25, -0.2) is 0 Å². The van der Waals surface area contributed by atoms with Crippen molar-refractivity contribution < 1.29 is 4.79 Å². The summed E-state index contributed by atoms with van der Waals surface area (Å²) in [5.74, 6) is 0. The van der Waals surface area contributed by atoms with Gasteiger partial charge in [0.2, 0.25) is 0 Å². The van der Waals surface area contributed by atoms with E-state index in [9.17, 15) is 4.79 Å². The molecule has 17 heavy (non-hydrogen) atoms. The molecule has 3 rings (SSSR count). The minimum atomic E-state index is 0.0116. The maximum absolute atomic E-state index is 11.7. The summed E-state index contributed by atoms with van der Waals surface area (Å²) in [5.41, 5.74) is 3.26. The summed E-state index contributed by atoms with van der Waals surface area (Å²) in [7, 11) is 0. The number of thioether (sulfide) groups is 1. The fraction of sp³-hybridized carbons (Fsp3) is 0.0714. The van der Waals surface area contributed by atoms with Crippen molar-refractivity contribution in [3.8, 4) is 0 Å². The van der Waals surface area contributed by atoms with E-state index in [-0.39, 0.29) is 10.5 Å². The highest BCUT2D eigenvalue weighted by Gasteiger charge is 2.26. The van der Waals surface area contributed by atoms with Crippen LogP contribution in [0.3, 0.4) is 0 Å². The van der Waals surface area contributed by atoms with Crippen molar-refractivity contribution >= 4 is 22.7 Å². The van der Waals surface area contributed by atoms with Gasteiger partial charge in [-0.1, -0.05) is 60.3 Å². The molecule has 1 aliphatic heterocycles. The third kappa shape index (κ3) is 1.94. The third-order valence-corrected chi connectivity index (χ3v) is 3.89. The average Bonchev–Trinajstić information content (AvgIpc) is 2.39. The highest BCUT2D eigenvalue weighted by atomic mass is 32.2. The number of hydrogen-bond donors (Lipinski definition) is 1. The van der Waals surface area contributed by atoms with E-state index in [1.807, 2.05) is 36.4 Å². The molecule has 0 spiro atoms. The van der Waals surface area contributed by atoms with Crippen molar-refractivity contribution in [2.75, 3.05) is 5.32 Å². The fourth-order valence-electron chi connectivity index (χ4n) is 2.02. The molecular weight excluding hydrogens is 230 g/mol. The van der Waals surface area contributed by atoms with E-state index in [0.29, 0.717) is 0 Å². The monoisotopic (exact) mass is 241 g/mol. The molecule has 0 bridgehead atoms. The summed E-state index contributed by atoms with van der Waals surface area (Å²) < 4.78 is 0. The predicted octanol–water partition coefficient (Wildman–Crippen LogP) is 4.05. The molecule has 0 fully saturated rings. The highest BCUT2D eigenvalue weighted by molar-refractivity contribution is 8.14. The van der Waals surface area contributed by atoms with Crippen LogP contribution in [-0.4, -0.2) is 5.24 Å². The van der Waals surface area contributed by atoms with Gasteiger partial charge in [-0.3, -0.25) is 4.79 Å². The molecule has 0 saturated carbocycles. The second-order valence-electron chi connectivity index (χ2n) is 3.91. The lowest BCUT2D eigenvalue weighted by Gasteiger charge is -2.24. The number of carbonyl (C=O) groups excluding carboxylic acids is 1. The van der Waals surface area contributed by atoms with Gasteiger partial charge in [0.25, 0.3) is 5.24 Å². The summed E-state index contributed by atoms with van der Waals surface area (Å²) in [6.07, 6.45) is 0. The lowest BCUT2D eigenvalue weighted by atomic mass is 10.0. The molecule has 2 nitrogen and oxygen atoms in total. The molecule has 84 valence electrons. The first kappa shape index (κ1) is 10.4. The van der Waals surface area contributed by atoms with Crippen LogP contribution in [0.2, 0.25) is 0 Å². The molecule has 1 atom stereocenters. The Bertz CT molecular complexity index is 553. The van der Waals surface area contributed by atoms with Crippen molar-refractivity contribution in [1.82, 2.24) is 0 Å². The zero-order chi connectivity index (χ0) is 11.7. The van der Waals surface area contributed by atoms with Crippen LogP contribution >= 0.6 is 11.8 Å². The summed E-state index contributed by atoms with van der Waals surface area (Å²) >= 11 is 1.33. The van der Waals surface area contributed by atoms with Crippen LogP contribution in [0.1, 0.15) is 16.4 Å². The number of carbonyl (C=O) groups is 1. The minimum Gasteiger partial charge on any atom is -0.317 e. The topological polar surface area (TPSA) is 29.1 Å². The summed E-state index contributed by atoms with van der Waals surface area (Å²) in [6, 6.07) is 18.1. The molecule has 1 heterocycles. The lowest BCUT2D eigenvalue weighted by molar-refractivity contribution is 0.269. The second-order valence-corrected chi connectivity index (χ2v) is 4.99. The van der Waals surface area contributed by atoms with Gasteiger partial charge in [0.1, 0.15) is 0 Å². The molecule has 0 aliphatic carbocycles. The Morgan fingerprint density at radius 1 is 0.941 bits per heavy atom. The van der Waals surface area contributed by atoms with Crippen LogP contribution in [0.15, 0.2) is 54.6 Å². The van der Waals surface area contributed by atoms with Crippen LogP contribution in [0, 0.1) is 0 Å². The number of benzene rings is 2. The fourth-order valence-corrected chi connectivity index (χ4v) is 3.03. The molecule has 1 amide bonds. The predicted molar refractivity (Wildman–Crippen MR) is 71.3 cm³/mol. The molecule has 2 aromatic carbocycles. The van der Waals surface area contributed by atoms with Gasteiger partial charge < -0.3 is 5.32 Å². The summed E-state index contributed by atoms with van der Waals surface area (Å²) in [5, 5.41) is 2.99. The van der Waals surface area contributed by atoms with E-state index < -0.39 is 0 Å². The van der Waals surface area contributed by atoms with Crippen molar-refractivity contribution in [1.29, 1.82) is 0 Å². The van der Waals surface area contributed by atoms with E-state index in [2.05, 4.69) is 23.5 Å². The molecule has 2 aromatic rings. The Balaban J connectivity index is 2.10. The van der Waals surface area contributed by atoms with Gasteiger partial charge in [-0.2, -0.15) is 0 Å². The van der Waals surface area contributed by atoms with Gasteiger partial charge >= 0.3 is 0 Å². The number of amides is 1. The number of nitrogens with one attached hydrogen (secondary N) is 1. The zero-order valence-electron chi connectivity index (χ0n) is 9.09. The second kappa shape index (κ2) is 4.26. The number of hydrogen-bond acceptors (Lipinski definition) is 2. The zero-order valence-corrected chi connectivity index (χ0v) is 9.91. The number of fused-ring (bicyclic) bond motifs is 1. The van der Waals surface area contributed by atoms with Crippen LogP contribution < -0.4 is 5.32 Å². The van der Waals surface area contributed by atoms with Gasteiger partial charge in [0.15, 0.2) is 0 Å². The Morgan fingerprint density at radius 3 is 2.47 bits per heavy atom. The van der Waals surface area contributed by atoms with E-state index in [0.717, 1.165) is 5.69 Å². The van der Waals surface area contributed by atoms with E-state index >= 15 is 0 Å². The van der Waals surface area contributed by atoms with Crippen LogP contribution in [0.25, 0.3) is 0 Å². The summed E-state index contributed by atoms with van der Waals surface area (Å²) in [6.45, 7) is 0. The van der Waals surface area contributed by atoms with E-state index in [4.69, 9.17) is 0 Å². The Morgan fingerprint density at radius 2 is 1.65 bits per heavy atom. The number of para-hydroxylation sites is 1. The lowest BCUT2D eigenvalue weighted by Crippen LogP contribution is -2.16. The Labute approximate surface area is 104 Å². The SMILES string of the molecule is O=C1Nc2ccccc2C(c2ccccc2)S1. The third-order valence-electron chi connectivity index (χ3n) is 2.81. The Hall–Kier alpha value is -1.74. The van der Waals surface area contributed by atoms with Crippen molar-refractivity contribution in [2.45, 2.75) is 5.25 Å². The molecule has 3 heteroatoms. The van der Waals surface area contributed by atoms with Crippen LogP contribution in [0.5, 0.6) is 0 Å². The highest BCUT2D eigenvalue weighted by Crippen LogP contribution is 2.43. The quantitative estimate of drug-likeness (QED) is 0.816. The maximum atomic E-state index is 11.7. The first-order valence-electron chi connectivity index (χ1n) is 5.46. The normalized spacial score (nSPS) is 18.4. The molecule has 1 aliphatic rings.